The van der Waals surface area contributed by atoms with E-state index in [0.29, 0.717) is 34.4 Å². The number of ether oxygens (including phenoxy) is 1. The highest BCUT2D eigenvalue weighted by molar-refractivity contribution is 7.14. The molecule has 2 heterocycles. The van der Waals surface area contributed by atoms with Crippen molar-refractivity contribution in [3.63, 3.8) is 0 Å². The van der Waals surface area contributed by atoms with Crippen LogP contribution in [0.15, 0.2) is 41.8 Å². The van der Waals surface area contributed by atoms with Gasteiger partial charge in [-0.05, 0) is 36.8 Å². The van der Waals surface area contributed by atoms with Crippen molar-refractivity contribution in [2.24, 2.45) is 0 Å². The minimum Gasteiger partial charge on any atom is -0.495 e. The number of carbonyl (C=O) groups is 2. The number of aromatic nitrogens is 1. The lowest BCUT2D eigenvalue weighted by atomic mass is 10.2. The van der Waals surface area contributed by atoms with Gasteiger partial charge >= 0.3 is 0 Å². The van der Waals surface area contributed by atoms with E-state index in [1.807, 2.05) is 0 Å². The van der Waals surface area contributed by atoms with Crippen molar-refractivity contribution in [3.05, 3.63) is 68.1 Å². The van der Waals surface area contributed by atoms with E-state index in [1.54, 1.807) is 29.6 Å². The van der Waals surface area contributed by atoms with Crippen LogP contribution >= 0.6 is 46.1 Å². The molecule has 1 aromatic heterocycles. The Morgan fingerprint density at radius 3 is 2.64 bits per heavy atom. The summed E-state index contributed by atoms with van der Waals surface area (Å²) in [5, 5.41) is 12.5. The summed E-state index contributed by atoms with van der Waals surface area (Å²) in [6.07, 6.45) is -0.0220. The Bertz CT molecular complexity index is 1220. The van der Waals surface area contributed by atoms with Crippen LogP contribution in [-0.2, 0) is 0 Å². The van der Waals surface area contributed by atoms with Crippen molar-refractivity contribution in [1.29, 1.82) is 0 Å². The minimum absolute atomic E-state index is 0.178. The molecule has 0 aliphatic carbocycles. The van der Waals surface area contributed by atoms with Gasteiger partial charge in [-0.15, -0.1) is 11.3 Å². The monoisotopic (exact) mass is 525 g/mol. The highest BCUT2D eigenvalue weighted by Gasteiger charge is 2.30. The van der Waals surface area contributed by atoms with Crippen LogP contribution in [0.5, 0.6) is 5.75 Å². The van der Waals surface area contributed by atoms with E-state index >= 15 is 0 Å². The Hall–Kier alpha value is -2.36. The SMILES string of the molecule is COc1cc(N(C(=O)c2ccc(Cl)cc2Cl)c2nc(C(=O)N3CC[C@H](O)C3)cs2)ccc1Cl. The molecule has 11 heteroatoms. The molecule has 0 radical (unpaired) electrons. The number of anilines is 2. The molecule has 4 rings (SSSR count). The molecule has 1 aliphatic rings. The number of benzene rings is 2. The van der Waals surface area contributed by atoms with Crippen molar-refractivity contribution in [2.45, 2.75) is 12.5 Å². The average Bonchev–Trinajstić information content (AvgIpc) is 3.44. The summed E-state index contributed by atoms with van der Waals surface area (Å²) in [6, 6.07) is 9.42. The van der Waals surface area contributed by atoms with Crippen molar-refractivity contribution < 1.29 is 19.4 Å². The van der Waals surface area contributed by atoms with Crippen molar-refractivity contribution in [1.82, 2.24) is 9.88 Å². The van der Waals surface area contributed by atoms with Gasteiger partial charge < -0.3 is 14.7 Å². The maximum absolute atomic E-state index is 13.6. The smallest absolute Gasteiger partial charge is 0.273 e. The van der Waals surface area contributed by atoms with Crippen LogP contribution in [0.4, 0.5) is 10.8 Å². The Labute approximate surface area is 209 Å². The third kappa shape index (κ3) is 4.95. The fourth-order valence-electron chi connectivity index (χ4n) is 3.44. The van der Waals surface area contributed by atoms with E-state index in [2.05, 4.69) is 4.98 Å². The normalized spacial score (nSPS) is 15.5. The van der Waals surface area contributed by atoms with Crippen LogP contribution in [0.2, 0.25) is 15.1 Å². The van der Waals surface area contributed by atoms with Gasteiger partial charge in [0.25, 0.3) is 11.8 Å². The first-order chi connectivity index (χ1) is 15.8. The summed E-state index contributed by atoms with van der Waals surface area (Å²) in [5.41, 5.74) is 0.822. The molecule has 2 amide bonds. The summed E-state index contributed by atoms with van der Waals surface area (Å²) >= 11 is 19.6. The van der Waals surface area contributed by atoms with Crippen molar-refractivity contribution in [3.8, 4) is 5.75 Å². The zero-order valence-electron chi connectivity index (χ0n) is 17.3. The summed E-state index contributed by atoms with van der Waals surface area (Å²) in [6.45, 7) is 0.702. The Morgan fingerprint density at radius 1 is 1.18 bits per heavy atom. The quantitative estimate of drug-likeness (QED) is 0.488. The molecule has 0 bridgehead atoms. The van der Waals surface area contributed by atoms with E-state index < -0.39 is 12.0 Å². The van der Waals surface area contributed by atoms with E-state index in [4.69, 9.17) is 39.5 Å². The Kier molecular flexibility index (Phi) is 7.11. The van der Waals surface area contributed by atoms with Crippen LogP contribution in [-0.4, -0.2) is 53.1 Å². The standard InChI is InChI=1S/C22H18Cl3N3O4S/c1-32-19-9-13(3-5-16(19)24)28(20(30)15-4-2-12(23)8-17(15)25)22-26-18(11-33-22)21(31)27-7-6-14(29)10-27/h2-5,8-9,11,14,29H,6-7,10H2,1H3/t14-/m0/s1. The highest BCUT2D eigenvalue weighted by Crippen LogP contribution is 2.37. The molecule has 1 fully saturated rings. The summed E-state index contributed by atoms with van der Waals surface area (Å²) in [5.74, 6) is -0.404. The topological polar surface area (TPSA) is 83.0 Å². The first-order valence-corrected chi connectivity index (χ1v) is 11.9. The maximum Gasteiger partial charge on any atom is 0.273 e. The molecule has 0 spiro atoms. The molecule has 33 heavy (non-hydrogen) atoms. The number of hydrogen-bond donors (Lipinski definition) is 1. The van der Waals surface area contributed by atoms with E-state index in [1.165, 1.54) is 29.0 Å². The molecule has 2 aromatic carbocycles. The predicted molar refractivity (Wildman–Crippen MR) is 130 cm³/mol. The second-order valence-electron chi connectivity index (χ2n) is 7.29. The maximum atomic E-state index is 13.6. The van der Waals surface area contributed by atoms with E-state index in [0.717, 1.165) is 11.3 Å². The van der Waals surface area contributed by atoms with Crippen LogP contribution in [0.25, 0.3) is 0 Å². The van der Waals surface area contributed by atoms with Crippen molar-refractivity contribution >= 4 is 68.8 Å². The number of β-amino-alcohol motifs (C(OH)–C–C–N with tert-alkyl or cyclic N) is 1. The molecule has 172 valence electrons. The zero-order chi connectivity index (χ0) is 23.7. The number of halogens is 3. The van der Waals surface area contributed by atoms with Crippen LogP contribution in [0, 0.1) is 0 Å². The fraction of sp³-hybridized carbons (Fsp3) is 0.227. The van der Waals surface area contributed by atoms with Gasteiger partial charge in [-0.2, -0.15) is 0 Å². The largest absolute Gasteiger partial charge is 0.495 e. The number of nitrogens with zero attached hydrogens (tertiary/aromatic N) is 3. The summed E-state index contributed by atoms with van der Waals surface area (Å²) in [4.78, 5) is 33.7. The number of hydrogen-bond acceptors (Lipinski definition) is 6. The van der Waals surface area contributed by atoms with Crippen LogP contribution < -0.4 is 9.64 Å². The second-order valence-corrected chi connectivity index (χ2v) is 9.38. The molecule has 0 unspecified atom stereocenters. The van der Waals surface area contributed by atoms with Gasteiger partial charge in [0.2, 0.25) is 0 Å². The van der Waals surface area contributed by atoms with Gasteiger partial charge in [0.05, 0.1) is 34.5 Å². The summed E-state index contributed by atoms with van der Waals surface area (Å²) < 4.78 is 5.30. The van der Waals surface area contributed by atoms with Crippen LogP contribution in [0.1, 0.15) is 27.3 Å². The molecule has 1 aliphatic heterocycles. The first-order valence-electron chi connectivity index (χ1n) is 9.84. The van der Waals surface area contributed by atoms with Crippen LogP contribution in [0.3, 0.4) is 0 Å². The summed E-state index contributed by atoms with van der Waals surface area (Å²) in [7, 11) is 1.47. The predicted octanol–water partition coefficient (Wildman–Crippen LogP) is 5.30. The second kappa shape index (κ2) is 9.87. The molecule has 1 N–H and O–H groups in total. The molecular formula is C22H18Cl3N3O4S. The third-order valence-corrected chi connectivity index (χ3v) is 6.80. The number of likely N-dealkylation sites (tertiary alicyclic amines) is 1. The van der Waals surface area contributed by atoms with E-state index in [9.17, 15) is 14.7 Å². The number of thiazole rings is 1. The Morgan fingerprint density at radius 2 is 1.97 bits per heavy atom. The molecule has 3 aromatic rings. The third-order valence-electron chi connectivity index (χ3n) is 5.11. The lowest BCUT2D eigenvalue weighted by Gasteiger charge is -2.21. The lowest BCUT2D eigenvalue weighted by molar-refractivity contribution is 0.0759. The number of amides is 2. The highest BCUT2D eigenvalue weighted by atomic mass is 35.5. The average molecular weight is 527 g/mol. The first kappa shape index (κ1) is 23.8. The van der Waals surface area contributed by atoms with Gasteiger partial charge in [-0.1, -0.05) is 34.8 Å². The van der Waals surface area contributed by atoms with Gasteiger partial charge in [-0.3, -0.25) is 14.5 Å². The molecular weight excluding hydrogens is 509 g/mol. The molecule has 1 atom stereocenters. The van der Waals surface area contributed by atoms with E-state index in [-0.39, 0.29) is 33.9 Å². The van der Waals surface area contributed by atoms with Gasteiger partial charge in [0.15, 0.2) is 5.13 Å². The molecule has 0 saturated carbocycles. The number of carbonyl (C=O) groups excluding carboxylic acids is 2. The number of methoxy groups -OCH3 is 1. The number of rotatable bonds is 5. The van der Waals surface area contributed by atoms with Crippen molar-refractivity contribution in [2.75, 3.05) is 25.1 Å². The van der Waals surface area contributed by atoms with Gasteiger partial charge in [0, 0.05) is 29.6 Å². The fourth-order valence-corrected chi connectivity index (χ4v) is 4.94. The van der Waals surface area contributed by atoms with Gasteiger partial charge in [0.1, 0.15) is 11.4 Å². The number of aliphatic hydroxyl groups excluding tert-OH is 1. The van der Waals surface area contributed by atoms with Gasteiger partial charge in [-0.25, -0.2) is 4.98 Å². The zero-order valence-corrected chi connectivity index (χ0v) is 20.4. The molecule has 7 nitrogen and oxygen atoms in total. The number of aliphatic hydroxyl groups is 1. The lowest BCUT2D eigenvalue weighted by Crippen LogP contribution is -2.30. The Balaban J connectivity index is 1.76. The molecule has 1 saturated heterocycles. The minimum atomic E-state index is -0.543.